The van der Waals surface area contributed by atoms with Gasteiger partial charge in [-0.1, -0.05) is 0 Å². The lowest BCUT2D eigenvalue weighted by molar-refractivity contribution is -0.160. The molecule has 1 fully saturated rings. The molecule has 8 nitrogen and oxygen atoms in total. The van der Waals surface area contributed by atoms with Crippen molar-refractivity contribution in [2.45, 2.75) is 65.6 Å². The maximum Gasteiger partial charge on any atom is 0.326 e. The number of rotatable bonds is 8. The quantitative estimate of drug-likeness (QED) is 0.654. The summed E-state index contributed by atoms with van der Waals surface area (Å²) in [6.45, 7) is 9.47. The second-order valence-corrected chi connectivity index (χ2v) is 7.94. The van der Waals surface area contributed by atoms with Crippen molar-refractivity contribution in [1.29, 1.82) is 0 Å². The summed E-state index contributed by atoms with van der Waals surface area (Å²) in [5, 5.41) is 2.50. The van der Waals surface area contributed by atoms with Gasteiger partial charge in [0.1, 0.15) is 6.54 Å². The molecule has 0 bridgehead atoms. The summed E-state index contributed by atoms with van der Waals surface area (Å²) >= 11 is 0. The minimum Gasteiger partial charge on any atom is -0.451 e. The Balaban J connectivity index is 1.86. The number of carbonyl (C=O) groups excluding carboxylic acids is 4. The highest BCUT2D eigenvalue weighted by Crippen LogP contribution is 2.21. The minimum atomic E-state index is -0.934. The molecular weight excluding hydrogens is 386 g/mol. The lowest BCUT2D eigenvalue weighted by Crippen LogP contribution is -2.48. The largest absolute Gasteiger partial charge is 0.451 e. The maximum atomic E-state index is 12.5. The number of hydrogen-bond acceptors (Lipinski definition) is 5. The predicted octanol–water partition coefficient (Wildman–Crippen LogP) is 2.12. The molecule has 164 valence electrons. The van der Waals surface area contributed by atoms with E-state index in [1.807, 2.05) is 27.7 Å². The third-order valence-corrected chi connectivity index (χ3v) is 4.93. The number of carbonyl (C=O) groups is 4. The first-order valence-corrected chi connectivity index (χ1v) is 10.3. The van der Waals surface area contributed by atoms with E-state index in [4.69, 9.17) is 4.74 Å². The smallest absolute Gasteiger partial charge is 0.326 e. The Morgan fingerprint density at radius 1 is 1.07 bits per heavy atom. The molecule has 1 aromatic rings. The monoisotopic (exact) mass is 417 g/mol. The van der Waals surface area contributed by atoms with E-state index in [1.165, 1.54) is 6.92 Å². The van der Waals surface area contributed by atoms with Crippen LogP contribution in [0.25, 0.3) is 0 Å². The molecule has 0 unspecified atom stereocenters. The van der Waals surface area contributed by atoms with Crippen LogP contribution in [0.4, 0.5) is 5.69 Å². The van der Waals surface area contributed by atoms with Gasteiger partial charge in [0, 0.05) is 36.3 Å². The zero-order valence-corrected chi connectivity index (χ0v) is 18.3. The summed E-state index contributed by atoms with van der Waals surface area (Å²) in [4.78, 5) is 52.0. The number of nitrogens with zero attached hydrogens (tertiary/aromatic N) is 2. The van der Waals surface area contributed by atoms with Crippen LogP contribution in [0.2, 0.25) is 0 Å². The number of benzene rings is 1. The molecule has 3 amide bonds. The van der Waals surface area contributed by atoms with E-state index in [2.05, 4.69) is 5.32 Å². The highest BCUT2D eigenvalue weighted by Gasteiger charge is 2.27. The van der Waals surface area contributed by atoms with Crippen molar-refractivity contribution in [2.75, 3.05) is 18.0 Å². The molecule has 0 radical (unpaired) electrons. The molecular formula is C22H31N3O5. The Labute approximate surface area is 177 Å². The van der Waals surface area contributed by atoms with Gasteiger partial charge in [0.15, 0.2) is 6.10 Å². The summed E-state index contributed by atoms with van der Waals surface area (Å²) < 4.78 is 5.19. The van der Waals surface area contributed by atoms with Gasteiger partial charge in [-0.3, -0.25) is 19.2 Å². The topological polar surface area (TPSA) is 96.0 Å². The first kappa shape index (κ1) is 23.4. The second-order valence-electron chi connectivity index (χ2n) is 7.94. The molecule has 0 aromatic heterocycles. The van der Waals surface area contributed by atoms with Crippen LogP contribution in [0.5, 0.6) is 0 Å². The summed E-state index contributed by atoms with van der Waals surface area (Å²) in [5.74, 6) is -1.31. The van der Waals surface area contributed by atoms with Gasteiger partial charge >= 0.3 is 5.97 Å². The van der Waals surface area contributed by atoms with Crippen molar-refractivity contribution < 1.29 is 23.9 Å². The normalized spacial score (nSPS) is 14.8. The van der Waals surface area contributed by atoms with Crippen molar-refractivity contribution in [3.05, 3.63) is 29.8 Å². The van der Waals surface area contributed by atoms with Gasteiger partial charge in [-0.15, -0.1) is 0 Å². The van der Waals surface area contributed by atoms with E-state index in [0.29, 0.717) is 18.5 Å². The molecule has 1 heterocycles. The standard InChI is InChI=1S/C22H31N3O5/c1-14(2)25(15(3)4)22(29)16(5)30-20(27)13-23-21(28)17-8-10-18(11-9-17)24-12-6-7-19(24)26/h8-11,14-16H,6-7,12-13H2,1-5H3,(H,23,28)/t16-/m0/s1. The fraction of sp³-hybridized carbons (Fsp3) is 0.545. The van der Waals surface area contributed by atoms with E-state index >= 15 is 0 Å². The molecule has 0 saturated carbocycles. The average molecular weight is 418 g/mol. The third kappa shape index (κ3) is 5.81. The van der Waals surface area contributed by atoms with Crippen molar-refractivity contribution >= 4 is 29.4 Å². The van der Waals surface area contributed by atoms with Gasteiger partial charge in [0.25, 0.3) is 11.8 Å². The van der Waals surface area contributed by atoms with E-state index in [9.17, 15) is 19.2 Å². The minimum absolute atomic E-state index is 0.0165. The molecule has 0 spiro atoms. The van der Waals surface area contributed by atoms with Gasteiger partial charge in [0.05, 0.1) is 0 Å². The van der Waals surface area contributed by atoms with E-state index in [0.717, 1.165) is 12.1 Å². The molecule has 1 saturated heterocycles. The van der Waals surface area contributed by atoms with Crippen LogP contribution in [0.15, 0.2) is 24.3 Å². The van der Waals surface area contributed by atoms with E-state index in [1.54, 1.807) is 34.1 Å². The Morgan fingerprint density at radius 2 is 1.67 bits per heavy atom. The first-order chi connectivity index (χ1) is 14.1. The summed E-state index contributed by atoms with van der Waals surface area (Å²) in [5.41, 5.74) is 1.12. The van der Waals surface area contributed by atoms with Crippen LogP contribution in [-0.2, 0) is 19.1 Å². The van der Waals surface area contributed by atoms with Crippen molar-refractivity contribution in [3.8, 4) is 0 Å². The molecule has 1 aliphatic heterocycles. The Bertz CT molecular complexity index is 780. The highest BCUT2D eigenvalue weighted by atomic mass is 16.5. The highest BCUT2D eigenvalue weighted by molar-refractivity contribution is 5.98. The summed E-state index contributed by atoms with van der Waals surface area (Å²) in [7, 11) is 0. The number of ether oxygens (including phenoxy) is 1. The van der Waals surface area contributed by atoms with Crippen LogP contribution in [0, 0.1) is 0 Å². The Morgan fingerprint density at radius 3 is 2.17 bits per heavy atom. The molecule has 0 aliphatic carbocycles. The first-order valence-electron chi connectivity index (χ1n) is 10.3. The molecule has 1 aromatic carbocycles. The van der Waals surface area contributed by atoms with E-state index < -0.39 is 18.0 Å². The van der Waals surface area contributed by atoms with Crippen LogP contribution in [0.3, 0.4) is 0 Å². The lowest BCUT2D eigenvalue weighted by Gasteiger charge is -2.32. The summed E-state index contributed by atoms with van der Waals surface area (Å²) in [6.07, 6.45) is 0.435. The predicted molar refractivity (Wildman–Crippen MR) is 113 cm³/mol. The third-order valence-electron chi connectivity index (χ3n) is 4.93. The zero-order chi connectivity index (χ0) is 22.4. The molecule has 1 N–H and O–H groups in total. The van der Waals surface area contributed by atoms with Gasteiger partial charge < -0.3 is 19.9 Å². The van der Waals surface area contributed by atoms with Crippen LogP contribution >= 0.6 is 0 Å². The van der Waals surface area contributed by atoms with Crippen molar-refractivity contribution in [3.63, 3.8) is 0 Å². The van der Waals surface area contributed by atoms with Crippen molar-refractivity contribution in [1.82, 2.24) is 10.2 Å². The molecule has 1 aliphatic rings. The van der Waals surface area contributed by atoms with Gasteiger partial charge in [-0.25, -0.2) is 0 Å². The fourth-order valence-electron chi connectivity index (χ4n) is 3.57. The van der Waals surface area contributed by atoms with Crippen LogP contribution in [0.1, 0.15) is 57.8 Å². The number of anilines is 1. The number of hydrogen-bond donors (Lipinski definition) is 1. The SMILES string of the molecule is CC(C)N(C(=O)[C@H](C)OC(=O)CNC(=O)c1ccc(N2CCCC2=O)cc1)C(C)C. The molecule has 1 atom stereocenters. The van der Waals surface area contributed by atoms with E-state index in [-0.39, 0.29) is 30.4 Å². The zero-order valence-electron chi connectivity index (χ0n) is 18.3. The molecule has 2 rings (SSSR count). The van der Waals surface area contributed by atoms with Crippen LogP contribution < -0.4 is 10.2 Å². The summed E-state index contributed by atoms with van der Waals surface area (Å²) in [6, 6.07) is 6.61. The molecule has 8 heteroatoms. The molecule has 30 heavy (non-hydrogen) atoms. The number of amides is 3. The average Bonchev–Trinajstić information content (AvgIpc) is 3.11. The second kappa shape index (κ2) is 10.2. The lowest BCUT2D eigenvalue weighted by atomic mass is 10.2. The van der Waals surface area contributed by atoms with Crippen LogP contribution in [-0.4, -0.2) is 59.9 Å². The van der Waals surface area contributed by atoms with Gasteiger partial charge in [-0.2, -0.15) is 0 Å². The van der Waals surface area contributed by atoms with Gasteiger partial charge in [0.2, 0.25) is 5.91 Å². The number of nitrogens with one attached hydrogen (secondary N) is 1. The van der Waals surface area contributed by atoms with Crippen molar-refractivity contribution in [2.24, 2.45) is 0 Å². The fourth-order valence-corrected chi connectivity index (χ4v) is 3.57. The maximum absolute atomic E-state index is 12.5. The van der Waals surface area contributed by atoms with Gasteiger partial charge in [-0.05, 0) is 65.3 Å². The Kier molecular flexibility index (Phi) is 7.97. The Hall–Kier alpha value is -2.90. The number of esters is 1.